The molecule has 0 aliphatic carbocycles. The molecule has 0 radical (unpaired) electrons. The van der Waals surface area contributed by atoms with Crippen molar-refractivity contribution in [1.82, 2.24) is 0 Å². The fourth-order valence-electron chi connectivity index (χ4n) is 1.93. The Hall–Kier alpha value is -0.890. The quantitative estimate of drug-likeness (QED) is 0.830. The highest BCUT2D eigenvalue weighted by atomic mass is 19.1. The standard InChI is InChI=1S/C14H22FN/c1-10-8-12(9-11(2)13(10)15)6-5-7-14(3,4)16/h8-9H,5-7,16H2,1-4H3. The second-order valence-corrected chi connectivity index (χ2v) is 5.39. The van der Waals surface area contributed by atoms with Crippen LogP contribution in [0.1, 0.15) is 43.4 Å². The third kappa shape index (κ3) is 3.93. The summed E-state index contributed by atoms with van der Waals surface area (Å²) in [4.78, 5) is 0. The van der Waals surface area contributed by atoms with Crippen molar-refractivity contribution < 1.29 is 4.39 Å². The summed E-state index contributed by atoms with van der Waals surface area (Å²) in [6.45, 7) is 7.71. The van der Waals surface area contributed by atoms with Crippen LogP contribution < -0.4 is 5.73 Å². The van der Waals surface area contributed by atoms with Crippen molar-refractivity contribution in [3.63, 3.8) is 0 Å². The van der Waals surface area contributed by atoms with Crippen LogP contribution in [0.5, 0.6) is 0 Å². The van der Waals surface area contributed by atoms with Gasteiger partial charge >= 0.3 is 0 Å². The van der Waals surface area contributed by atoms with E-state index in [2.05, 4.69) is 0 Å². The predicted molar refractivity (Wildman–Crippen MR) is 67.1 cm³/mol. The van der Waals surface area contributed by atoms with Gasteiger partial charge in [0.25, 0.3) is 0 Å². The molecule has 1 aromatic carbocycles. The third-order valence-corrected chi connectivity index (χ3v) is 2.78. The van der Waals surface area contributed by atoms with Gasteiger partial charge in [-0.2, -0.15) is 0 Å². The molecular formula is C14H22FN. The van der Waals surface area contributed by atoms with Crippen molar-refractivity contribution in [2.24, 2.45) is 5.73 Å². The maximum absolute atomic E-state index is 13.4. The van der Waals surface area contributed by atoms with Crippen LogP contribution in [-0.4, -0.2) is 5.54 Å². The van der Waals surface area contributed by atoms with E-state index in [4.69, 9.17) is 5.73 Å². The summed E-state index contributed by atoms with van der Waals surface area (Å²) in [5.41, 5.74) is 8.50. The molecule has 0 amide bonds. The largest absolute Gasteiger partial charge is 0.326 e. The van der Waals surface area contributed by atoms with Crippen LogP contribution in [0.4, 0.5) is 4.39 Å². The molecule has 0 atom stereocenters. The summed E-state index contributed by atoms with van der Waals surface area (Å²) in [5, 5.41) is 0. The van der Waals surface area contributed by atoms with E-state index < -0.39 is 0 Å². The van der Waals surface area contributed by atoms with E-state index in [-0.39, 0.29) is 11.4 Å². The van der Waals surface area contributed by atoms with E-state index in [1.807, 2.05) is 39.8 Å². The Kier molecular flexibility index (Phi) is 4.09. The van der Waals surface area contributed by atoms with Crippen molar-refractivity contribution >= 4 is 0 Å². The lowest BCUT2D eigenvalue weighted by Gasteiger charge is -2.18. The van der Waals surface area contributed by atoms with Gasteiger partial charge in [0.15, 0.2) is 0 Å². The molecule has 0 aliphatic heterocycles. The van der Waals surface area contributed by atoms with Gasteiger partial charge in [0.2, 0.25) is 0 Å². The zero-order valence-electron chi connectivity index (χ0n) is 10.7. The molecule has 1 nitrogen and oxygen atoms in total. The normalized spacial score (nSPS) is 11.9. The monoisotopic (exact) mass is 223 g/mol. The van der Waals surface area contributed by atoms with E-state index in [1.165, 1.54) is 5.56 Å². The molecule has 0 aliphatic rings. The fourth-order valence-corrected chi connectivity index (χ4v) is 1.93. The van der Waals surface area contributed by atoms with Gasteiger partial charge in [0.05, 0.1) is 0 Å². The fraction of sp³-hybridized carbons (Fsp3) is 0.571. The molecule has 2 N–H and O–H groups in total. The van der Waals surface area contributed by atoms with Gasteiger partial charge in [0.1, 0.15) is 5.82 Å². The number of rotatable bonds is 4. The average Bonchev–Trinajstić information content (AvgIpc) is 2.12. The zero-order chi connectivity index (χ0) is 12.3. The first kappa shape index (κ1) is 13.2. The minimum Gasteiger partial charge on any atom is -0.326 e. The first-order valence-corrected chi connectivity index (χ1v) is 5.84. The second kappa shape index (κ2) is 4.96. The van der Waals surface area contributed by atoms with Crippen molar-refractivity contribution in [2.45, 2.75) is 52.5 Å². The third-order valence-electron chi connectivity index (χ3n) is 2.78. The van der Waals surface area contributed by atoms with Gasteiger partial charge in [0, 0.05) is 5.54 Å². The molecule has 1 rings (SSSR count). The minimum absolute atomic E-state index is 0.0806. The molecule has 0 unspecified atom stereocenters. The average molecular weight is 223 g/mol. The summed E-state index contributed by atoms with van der Waals surface area (Å²) in [5.74, 6) is -0.0806. The molecule has 0 bridgehead atoms. The maximum atomic E-state index is 13.4. The van der Waals surface area contributed by atoms with E-state index in [0.717, 1.165) is 30.4 Å². The topological polar surface area (TPSA) is 26.0 Å². The first-order valence-electron chi connectivity index (χ1n) is 5.84. The lowest BCUT2D eigenvalue weighted by atomic mass is 9.95. The van der Waals surface area contributed by atoms with Crippen molar-refractivity contribution in [3.05, 3.63) is 34.6 Å². The van der Waals surface area contributed by atoms with Crippen LogP contribution in [0.25, 0.3) is 0 Å². The molecule has 0 aromatic heterocycles. The highest BCUT2D eigenvalue weighted by Crippen LogP contribution is 2.17. The van der Waals surface area contributed by atoms with Crippen LogP contribution in [0.2, 0.25) is 0 Å². The van der Waals surface area contributed by atoms with Crippen molar-refractivity contribution in [2.75, 3.05) is 0 Å². The highest BCUT2D eigenvalue weighted by Gasteiger charge is 2.10. The van der Waals surface area contributed by atoms with Crippen molar-refractivity contribution in [1.29, 1.82) is 0 Å². The Morgan fingerprint density at radius 2 is 1.69 bits per heavy atom. The van der Waals surface area contributed by atoms with Crippen LogP contribution in [0.3, 0.4) is 0 Å². The smallest absolute Gasteiger partial charge is 0.129 e. The Labute approximate surface area is 97.9 Å². The van der Waals surface area contributed by atoms with E-state index in [9.17, 15) is 4.39 Å². The number of nitrogens with two attached hydrogens (primary N) is 1. The van der Waals surface area contributed by atoms with Crippen LogP contribution in [-0.2, 0) is 6.42 Å². The molecule has 1 aromatic rings. The van der Waals surface area contributed by atoms with E-state index in [1.54, 1.807) is 0 Å². The summed E-state index contributed by atoms with van der Waals surface area (Å²) < 4.78 is 13.4. The lowest BCUT2D eigenvalue weighted by Crippen LogP contribution is -2.31. The molecule has 0 spiro atoms. The molecule has 16 heavy (non-hydrogen) atoms. The van der Waals surface area contributed by atoms with Crippen LogP contribution in [0, 0.1) is 19.7 Å². The summed E-state index contributed by atoms with van der Waals surface area (Å²) in [6, 6.07) is 3.87. The SMILES string of the molecule is Cc1cc(CCCC(C)(C)N)cc(C)c1F. The van der Waals surface area contributed by atoms with E-state index >= 15 is 0 Å². The molecule has 0 saturated heterocycles. The van der Waals surface area contributed by atoms with Gasteiger partial charge in [-0.25, -0.2) is 4.39 Å². The number of aryl methyl sites for hydroxylation is 3. The van der Waals surface area contributed by atoms with Crippen LogP contribution >= 0.6 is 0 Å². The predicted octanol–water partition coefficient (Wildman–Crippen LogP) is 3.50. The van der Waals surface area contributed by atoms with Gasteiger partial charge in [-0.05, 0) is 63.6 Å². The first-order chi connectivity index (χ1) is 7.29. The second-order valence-electron chi connectivity index (χ2n) is 5.39. The molecule has 90 valence electrons. The van der Waals surface area contributed by atoms with E-state index in [0.29, 0.717) is 0 Å². The molecule has 0 fully saturated rings. The number of hydrogen-bond acceptors (Lipinski definition) is 1. The maximum Gasteiger partial charge on any atom is 0.129 e. The van der Waals surface area contributed by atoms with Gasteiger partial charge in [-0.1, -0.05) is 12.1 Å². The summed E-state index contributed by atoms with van der Waals surface area (Å²) >= 11 is 0. The zero-order valence-corrected chi connectivity index (χ0v) is 10.7. The van der Waals surface area contributed by atoms with Gasteiger partial charge in [-0.3, -0.25) is 0 Å². The highest BCUT2D eigenvalue weighted by molar-refractivity contribution is 5.30. The number of benzene rings is 1. The summed E-state index contributed by atoms with van der Waals surface area (Å²) in [6.07, 6.45) is 3.01. The van der Waals surface area contributed by atoms with Crippen LogP contribution in [0.15, 0.2) is 12.1 Å². The molecule has 0 heterocycles. The summed E-state index contributed by atoms with van der Waals surface area (Å²) in [7, 11) is 0. The minimum atomic E-state index is -0.107. The Balaban J connectivity index is 2.62. The van der Waals surface area contributed by atoms with Gasteiger partial charge < -0.3 is 5.73 Å². The molecule has 0 saturated carbocycles. The number of hydrogen-bond donors (Lipinski definition) is 1. The Morgan fingerprint density at radius 3 is 2.12 bits per heavy atom. The number of halogens is 1. The Bertz CT molecular complexity index is 340. The lowest BCUT2D eigenvalue weighted by molar-refractivity contribution is 0.459. The van der Waals surface area contributed by atoms with Gasteiger partial charge in [-0.15, -0.1) is 0 Å². The Morgan fingerprint density at radius 1 is 1.19 bits per heavy atom. The van der Waals surface area contributed by atoms with Crippen molar-refractivity contribution in [3.8, 4) is 0 Å². The molecule has 2 heteroatoms. The molecular weight excluding hydrogens is 201 g/mol.